The number of rotatable bonds is 5. The van der Waals surface area contributed by atoms with Crippen LogP contribution in [0.25, 0.3) is 11.3 Å². The van der Waals surface area contributed by atoms with Gasteiger partial charge in [-0.3, -0.25) is 10.1 Å². The summed E-state index contributed by atoms with van der Waals surface area (Å²) in [6.45, 7) is 0. The fraction of sp³-hybridized carbons (Fsp3) is 0.0435. The van der Waals surface area contributed by atoms with Gasteiger partial charge in [-0.2, -0.15) is 0 Å². The van der Waals surface area contributed by atoms with Crippen molar-refractivity contribution < 1.29 is 4.79 Å². The molecular formula is C23H16Cl2N2OS. The van der Waals surface area contributed by atoms with Crippen molar-refractivity contribution in [2.24, 2.45) is 0 Å². The minimum Gasteiger partial charge on any atom is -0.298 e. The Hall–Kier alpha value is -2.66. The lowest BCUT2D eigenvalue weighted by molar-refractivity contribution is 0.102. The second kappa shape index (κ2) is 8.78. The van der Waals surface area contributed by atoms with Crippen molar-refractivity contribution in [3.8, 4) is 11.3 Å². The molecule has 1 aromatic heterocycles. The number of aromatic nitrogens is 1. The summed E-state index contributed by atoms with van der Waals surface area (Å²) in [7, 11) is 0. The quantitative estimate of drug-likeness (QED) is 0.365. The Labute approximate surface area is 183 Å². The zero-order valence-electron chi connectivity index (χ0n) is 15.2. The van der Waals surface area contributed by atoms with Gasteiger partial charge in [0.15, 0.2) is 5.13 Å². The molecule has 4 rings (SSSR count). The maximum atomic E-state index is 12.6. The van der Waals surface area contributed by atoms with Crippen molar-refractivity contribution in [2.75, 3.05) is 5.32 Å². The van der Waals surface area contributed by atoms with Gasteiger partial charge >= 0.3 is 0 Å². The number of amides is 1. The molecule has 0 aliphatic rings. The third-order valence-electron chi connectivity index (χ3n) is 4.40. The molecule has 4 aromatic rings. The Morgan fingerprint density at radius 2 is 1.66 bits per heavy atom. The molecule has 0 saturated carbocycles. The first-order valence-corrected chi connectivity index (χ1v) is 10.6. The number of hydrogen-bond donors (Lipinski definition) is 1. The highest BCUT2D eigenvalue weighted by atomic mass is 35.5. The molecule has 0 bridgehead atoms. The number of hydrogen-bond acceptors (Lipinski definition) is 3. The molecule has 0 fully saturated rings. The molecule has 3 nitrogen and oxygen atoms in total. The predicted octanol–water partition coefficient (Wildman–Crippen LogP) is 6.96. The standard InChI is InChI=1S/C23H16Cl2N2OS/c24-18-10-11-20(25)19(13-18)21-14-29-23(26-21)27-22(28)17-8-6-16(7-9-17)12-15-4-2-1-3-5-15/h1-11,13-14H,12H2,(H,26,27,28). The molecule has 3 aromatic carbocycles. The highest BCUT2D eigenvalue weighted by Gasteiger charge is 2.12. The lowest BCUT2D eigenvalue weighted by Gasteiger charge is -2.05. The zero-order chi connectivity index (χ0) is 20.2. The van der Waals surface area contributed by atoms with Gasteiger partial charge in [0.1, 0.15) is 0 Å². The molecule has 1 N–H and O–H groups in total. The van der Waals surface area contributed by atoms with Crippen molar-refractivity contribution in [3.05, 3.63) is 105 Å². The summed E-state index contributed by atoms with van der Waals surface area (Å²) in [5, 5.41) is 6.34. The smallest absolute Gasteiger partial charge is 0.257 e. The number of anilines is 1. The van der Waals surface area contributed by atoms with Gasteiger partial charge in [0, 0.05) is 21.5 Å². The van der Waals surface area contributed by atoms with Crippen molar-refractivity contribution >= 4 is 45.6 Å². The number of thiazole rings is 1. The van der Waals surface area contributed by atoms with Crippen LogP contribution in [0, 0.1) is 0 Å². The lowest BCUT2D eigenvalue weighted by Crippen LogP contribution is -2.11. The van der Waals surface area contributed by atoms with Crippen LogP contribution >= 0.6 is 34.5 Å². The van der Waals surface area contributed by atoms with E-state index >= 15 is 0 Å². The average molecular weight is 439 g/mol. The Morgan fingerprint density at radius 1 is 0.931 bits per heavy atom. The van der Waals surface area contributed by atoms with Gasteiger partial charge in [-0.25, -0.2) is 4.98 Å². The second-order valence-electron chi connectivity index (χ2n) is 6.48. The van der Waals surface area contributed by atoms with Crippen LogP contribution in [-0.4, -0.2) is 10.9 Å². The Bertz CT molecular complexity index is 1140. The van der Waals surface area contributed by atoms with E-state index in [9.17, 15) is 4.79 Å². The number of carbonyl (C=O) groups is 1. The number of benzene rings is 3. The summed E-state index contributed by atoms with van der Waals surface area (Å²) in [5.74, 6) is -0.200. The van der Waals surface area contributed by atoms with Crippen LogP contribution in [0.5, 0.6) is 0 Å². The molecule has 0 saturated heterocycles. The third-order valence-corrected chi connectivity index (χ3v) is 5.72. The van der Waals surface area contributed by atoms with Crippen LogP contribution in [0.15, 0.2) is 78.2 Å². The summed E-state index contributed by atoms with van der Waals surface area (Å²) in [6.07, 6.45) is 0.832. The van der Waals surface area contributed by atoms with Crippen LogP contribution in [0.1, 0.15) is 21.5 Å². The van der Waals surface area contributed by atoms with Gasteiger partial charge in [0.2, 0.25) is 0 Å². The first-order valence-electron chi connectivity index (χ1n) is 8.93. The van der Waals surface area contributed by atoms with E-state index < -0.39 is 0 Å². The van der Waals surface area contributed by atoms with Crippen LogP contribution in [0.2, 0.25) is 10.0 Å². The lowest BCUT2D eigenvalue weighted by atomic mass is 10.0. The molecule has 0 radical (unpaired) electrons. The summed E-state index contributed by atoms with van der Waals surface area (Å²) >= 11 is 13.6. The summed E-state index contributed by atoms with van der Waals surface area (Å²) < 4.78 is 0. The fourth-order valence-corrected chi connectivity index (χ4v) is 4.02. The van der Waals surface area contributed by atoms with Gasteiger partial charge in [-0.05, 0) is 47.9 Å². The van der Waals surface area contributed by atoms with E-state index in [4.69, 9.17) is 23.2 Å². The van der Waals surface area contributed by atoms with E-state index in [0.717, 1.165) is 17.5 Å². The van der Waals surface area contributed by atoms with Gasteiger partial charge in [0.25, 0.3) is 5.91 Å². The van der Waals surface area contributed by atoms with Crippen LogP contribution in [0.4, 0.5) is 5.13 Å². The monoisotopic (exact) mass is 438 g/mol. The van der Waals surface area contributed by atoms with Gasteiger partial charge in [-0.15, -0.1) is 11.3 Å². The SMILES string of the molecule is O=C(Nc1nc(-c2cc(Cl)ccc2Cl)cs1)c1ccc(Cc2ccccc2)cc1. The van der Waals surface area contributed by atoms with E-state index in [2.05, 4.69) is 22.4 Å². The molecule has 0 aliphatic heterocycles. The molecule has 29 heavy (non-hydrogen) atoms. The maximum Gasteiger partial charge on any atom is 0.257 e. The van der Waals surface area contributed by atoms with Gasteiger partial charge < -0.3 is 0 Å². The van der Waals surface area contributed by atoms with E-state index in [0.29, 0.717) is 26.4 Å². The molecular weight excluding hydrogens is 423 g/mol. The molecule has 0 unspecified atom stereocenters. The average Bonchev–Trinajstić information content (AvgIpc) is 3.19. The van der Waals surface area contributed by atoms with Crippen LogP contribution in [-0.2, 0) is 6.42 Å². The minimum atomic E-state index is -0.200. The highest BCUT2D eigenvalue weighted by Crippen LogP contribution is 2.32. The highest BCUT2D eigenvalue weighted by molar-refractivity contribution is 7.14. The predicted molar refractivity (Wildman–Crippen MR) is 121 cm³/mol. The number of nitrogens with one attached hydrogen (secondary N) is 1. The van der Waals surface area contributed by atoms with Crippen LogP contribution < -0.4 is 5.32 Å². The topological polar surface area (TPSA) is 42.0 Å². The largest absolute Gasteiger partial charge is 0.298 e. The Morgan fingerprint density at radius 3 is 2.41 bits per heavy atom. The van der Waals surface area contributed by atoms with Crippen molar-refractivity contribution in [1.82, 2.24) is 4.98 Å². The molecule has 0 aliphatic carbocycles. The second-order valence-corrected chi connectivity index (χ2v) is 8.18. The summed E-state index contributed by atoms with van der Waals surface area (Å²) in [4.78, 5) is 17.0. The van der Waals surface area contributed by atoms with E-state index in [1.54, 1.807) is 18.2 Å². The molecule has 0 spiro atoms. The van der Waals surface area contributed by atoms with Gasteiger partial charge in [-0.1, -0.05) is 65.7 Å². The first-order chi connectivity index (χ1) is 14.1. The molecule has 144 valence electrons. The third kappa shape index (κ3) is 4.85. The Kier molecular flexibility index (Phi) is 5.95. The number of halogens is 2. The van der Waals surface area contributed by atoms with Crippen LogP contribution in [0.3, 0.4) is 0 Å². The van der Waals surface area contributed by atoms with E-state index in [-0.39, 0.29) is 5.91 Å². The van der Waals surface area contributed by atoms with Crippen molar-refractivity contribution in [1.29, 1.82) is 0 Å². The summed E-state index contributed by atoms with van der Waals surface area (Å²) in [5.41, 5.74) is 4.39. The van der Waals surface area contributed by atoms with Gasteiger partial charge in [0.05, 0.1) is 10.7 Å². The first kappa shape index (κ1) is 19.6. The molecule has 0 atom stereocenters. The van der Waals surface area contributed by atoms with E-state index in [1.807, 2.05) is 47.8 Å². The number of nitrogens with zero attached hydrogens (tertiary/aromatic N) is 1. The minimum absolute atomic E-state index is 0.200. The van der Waals surface area contributed by atoms with Crippen molar-refractivity contribution in [3.63, 3.8) is 0 Å². The zero-order valence-corrected chi connectivity index (χ0v) is 17.6. The number of carbonyl (C=O) groups excluding carboxylic acids is 1. The molecule has 1 heterocycles. The Balaban J connectivity index is 1.44. The van der Waals surface area contributed by atoms with E-state index in [1.165, 1.54) is 16.9 Å². The molecule has 1 amide bonds. The van der Waals surface area contributed by atoms with Crippen molar-refractivity contribution in [2.45, 2.75) is 6.42 Å². The fourth-order valence-electron chi connectivity index (χ4n) is 2.92. The maximum absolute atomic E-state index is 12.6. The molecule has 6 heteroatoms. The summed E-state index contributed by atoms with van der Waals surface area (Å²) in [6, 6.07) is 23.1. The normalized spacial score (nSPS) is 10.7.